The van der Waals surface area contributed by atoms with Crippen molar-refractivity contribution in [3.8, 4) is 0 Å². The fourth-order valence-corrected chi connectivity index (χ4v) is 2.66. The molecule has 1 saturated heterocycles. The summed E-state index contributed by atoms with van der Waals surface area (Å²) in [5.74, 6) is 0.226. The van der Waals surface area contributed by atoms with E-state index in [1.165, 1.54) is 0 Å². The molecule has 0 aromatic rings. The van der Waals surface area contributed by atoms with Crippen molar-refractivity contribution in [1.82, 2.24) is 5.32 Å². The summed E-state index contributed by atoms with van der Waals surface area (Å²) in [6, 6.07) is -0.198. The molecule has 2 heterocycles. The maximum atomic E-state index is 11.9. The Morgan fingerprint density at radius 1 is 1.69 bits per heavy atom. The molecule has 1 fully saturated rings. The number of hydrogen-bond donors (Lipinski definition) is 1. The van der Waals surface area contributed by atoms with E-state index < -0.39 is 0 Å². The van der Waals surface area contributed by atoms with Gasteiger partial charge in [0.05, 0.1) is 23.6 Å². The molecule has 16 heavy (non-hydrogen) atoms. The van der Waals surface area contributed by atoms with E-state index in [1.54, 1.807) is 0 Å². The smallest absolute Gasteiger partial charge is 0.249 e. The standard InChI is InChI=1S/C11H15Cl2NO2/c1-6(13)9(5-12)14-11(15)8-4-7-2-3-10(8)16-7/h4,6-7,9-10H,2-3,5H2,1H3,(H,14,15)/t6-,7?,9?,10?/m1/s1. The lowest BCUT2D eigenvalue weighted by molar-refractivity contribution is -0.118. The van der Waals surface area contributed by atoms with Gasteiger partial charge in [0.15, 0.2) is 0 Å². The zero-order valence-corrected chi connectivity index (χ0v) is 10.6. The Bertz CT molecular complexity index is 317. The maximum absolute atomic E-state index is 11.9. The Hall–Kier alpha value is -0.250. The van der Waals surface area contributed by atoms with Crippen LogP contribution in [0.5, 0.6) is 0 Å². The Labute approximate surface area is 105 Å². The quantitative estimate of drug-likeness (QED) is 0.787. The van der Waals surface area contributed by atoms with Gasteiger partial charge < -0.3 is 10.1 Å². The lowest BCUT2D eigenvalue weighted by atomic mass is 9.98. The Morgan fingerprint density at radius 3 is 2.88 bits per heavy atom. The second-order valence-corrected chi connectivity index (χ2v) is 5.27. The molecule has 1 N–H and O–H groups in total. The summed E-state index contributed by atoms with van der Waals surface area (Å²) in [7, 11) is 0. The number of carbonyl (C=O) groups is 1. The number of fused-ring (bicyclic) bond motifs is 2. The molecule has 2 rings (SSSR count). The molecule has 0 aliphatic carbocycles. The number of hydrogen-bond acceptors (Lipinski definition) is 2. The van der Waals surface area contributed by atoms with E-state index in [2.05, 4.69) is 5.32 Å². The maximum Gasteiger partial charge on any atom is 0.249 e. The SMILES string of the molecule is C[C@@H](Cl)C(CCl)NC(=O)C1=CC2CCC1O2. The molecule has 0 saturated carbocycles. The van der Waals surface area contributed by atoms with Gasteiger partial charge in [0.2, 0.25) is 5.91 Å². The van der Waals surface area contributed by atoms with Gasteiger partial charge >= 0.3 is 0 Å². The second-order valence-electron chi connectivity index (χ2n) is 4.27. The fraction of sp³-hybridized carbons (Fsp3) is 0.727. The van der Waals surface area contributed by atoms with Crippen LogP contribution in [0.1, 0.15) is 19.8 Å². The highest BCUT2D eigenvalue weighted by Gasteiger charge is 2.37. The molecule has 3 unspecified atom stereocenters. The van der Waals surface area contributed by atoms with Crippen molar-refractivity contribution < 1.29 is 9.53 Å². The highest BCUT2D eigenvalue weighted by molar-refractivity contribution is 6.23. The molecular weight excluding hydrogens is 249 g/mol. The van der Waals surface area contributed by atoms with Crippen molar-refractivity contribution in [1.29, 1.82) is 0 Å². The molecule has 0 aromatic heterocycles. The Kier molecular flexibility index (Phi) is 3.77. The largest absolute Gasteiger partial charge is 0.366 e. The van der Waals surface area contributed by atoms with E-state index in [9.17, 15) is 4.79 Å². The first-order chi connectivity index (χ1) is 7.61. The number of rotatable bonds is 4. The molecule has 0 aromatic carbocycles. The summed E-state index contributed by atoms with van der Waals surface area (Å²) in [5.41, 5.74) is 0.740. The van der Waals surface area contributed by atoms with Gasteiger partial charge in [-0.25, -0.2) is 0 Å². The van der Waals surface area contributed by atoms with Gasteiger partial charge in [-0.2, -0.15) is 0 Å². The van der Waals surface area contributed by atoms with Gasteiger partial charge in [0.1, 0.15) is 0 Å². The normalized spacial score (nSPS) is 31.1. The summed E-state index contributed by atoms with van der Waals surface area (Å²) in [4.78, 5) is 11.9. The van der Waals surface area contributed by atoms with Gasteiger partial charge in [0.25, 0.3) is 0 Å². The van der Waals surface area contributed by atoms with Crippen LogP contribution < -0.4 is 5.32 Å². The number of alkyl halides is 2. The monoisotopic (exact) mass is 263 g/mol. The molecule has 2 aliphatic heterocycles. The Balaban J connectivity index is 1.96. The van der Waals surface area contributed by atoms with Crippen LogP contribution in [-0.2, 0) is 9.53 Å². The second kappa shape index (κ2) is 4.94. The zero-order chi connectivity index (χ0) is 11.7. The minimum absolute atomic E-state index is 0.0217. The summed E-state index contributed by atoms with van der Waals surface area (Å²) >= 11 is 11.7. The van der Waals surface area contributed by atoms with E-state index in [0.717, 1.165) is 18.4 Å². The summed E-state index contributed by atoms with van der Waals surface area (Å²) in [6.07, 6.45) is 3.98. The molecule has 2 aliphatic rings. The summed E-state index contributed by atoms with van der Waals surface area (Å²) < 4.78 is 5.56. The lowest BCUT2D eigenvalue weighted by Crippen LogP contribution is -2.43. The highest BCUT2D eigenvalue weighted by atomic mass is 35.5. The molecule has 2 bridgehead atoms. The number of amides is 1. The lowest BCUT2D eigenvalue weighted by Gasteiger charge is -2.20. The van der Waals surface area contributed by atoms with Gasteiger partial charge in [-0.15, -0.1) is 23.2 Å². The summed E-state index contributed by atoms with van der Waals surface area (Å²) in [5, 5.41) is 2.66. The van der Waals surface area contributed by atoms with E-state index in [1.807, 2.05) is 13.0 Å². The fourth-order valence-electron chi connectivity index (χ4n) is 2.07. The van der Waals surface area contributed by atoms with Crippen LogP contribution in [0.2, 0.25) is 0 Å². The van der Waals surface area contributed by atoms with Crippen molar-refractivity contribution in [2.24, 2.45) is 0 Å². The van der Waals surface area contributed by atoms with Crippen molar-refractivity contribution in [3.63, 3.8) is 0 Å². The highest BCUT2D eigenvalue weighted by Crippen LogP contribution is 2.33. The van der Waals surface area contributed by atoms with Crippen LogP contribution in [0, 0.1) is 0 Å². The van der Waals surface area contributed by atoms with E-state index in [0.29, 0.717) is 5.88 Å². The third-order valence-corrected chi connectivity index (χ3v) is 3.70. The average molecular weight is 264 g/mol. The number of nitrogens with one attached hydrogen (secondary N) is 1. The molecule has 3 nitrogen and oxygen atoms in total. The third-order valence-electron chi connectivity index (χ3n) is 3.06. The van der Waals surface area contributed by atoms with Crippen LogP contribution in [0.25, 0.3) is 0 Å². The van der Waals surface area contributed by atoms with Crippen molar-refractivity contribution in [2.75, 3.05) is 5.88 Å². The summed E-state index contributed by atoms with van der Waals surface area (Å²) in [6.45, 7) is 1.82. The van der Waals surface area contributed by atoms with Crippen molar-refractivity contribution in [3.05, 3.63) is 11.6 Å². The molecule has 90 valence electrons. The molecule has 0 radical (unpaired) electrons. The van der Waals surface area contributed by atoms with Crippen LogP contribution in [0.4, 0.5) is 0 Å². The third kappa shape index (κ3) is 2.36. The minimum Gasteiger partial charge on any atom is -0.366 e. The number of ether oxygens (including phenoxy) is 1. The van der Waals surface area contributed by atoms with E-state index in [-0.39, 0.29) is 29.5 Å². The van der Waals surface area contributed by atoms with Gasteiger partial charge in [-0.3, -0.25) is 4.79 Å². The van der Waals surface area contributed by atoms with Gasteiger partial charge in [-0.1, -0.05) is 0 Å². The van der Waals surface area contributed by atoms with Crippen LogP contribution in [-0.4, -0.2) is 35.4 Å². The predicted molar refractivity (Wildman–Crippen MR) is 63.9 cm³/mol. The van der Waals surface area contributed by atoms with Crippen LogP contribution in [0.15, 0.2) is 11.6 Å². The minimum atomic E-state index is -0.198. The first kappa shape index (κ1) is 12.2. The first-order valence-corrected chi connectivity index (χ1v) is 6.47. The zero-order valence-electron chi connectivity index (χ0n) is 9.08. The molecule has 0 spiro atoms. The van der Waals surface area contributed by atoms with Crippen molar-refractivity contribution >= 4 is 29.1 Å². The molecule has 4 atom stereocenters. The van der Waals surface area contributed by atoms with Crippen molar-refractivity contribution in [2.45, 2.75) is 43.4 Å². The van der Waals surface area contributed by atoms with E-state index in [4.69, 9.17) is 27.9 Å². The van der Waals surface area contributed by atoms with Crippen LogP contribution in [0.3, 0.4) is 0 Å². The first-order valence-electron chi connectivity index (χ1n) is 5.50. The van der Waals surface area contributed by atoms with Gasteiger partial charge in [-0.05, 0) is 25.8 Å². The number of carbonyl (C=O) groups excluding carboxylic acids is 1. The molecule has 1 amide bonds. The van der Waals surface area contributed by atoms with Gasteiger partial charge in [0, 0.05) is 11.5 Å². The van der Waals surface area contributed by atoms with Crippen LogP contribution >= 0.6 is 23.2 Å². The van der Waals surface area contributed by atoms with E-state index >= 15 is 0 Å². The average Bonchev–Trinajstić information content (AvgIpc) is 2.86. The topological polar surface area (TPSA) is 38.3 Å². The number of halogens is 2. The Morgan fingerprint density at radius 2 is 2.44 bits per heavy atom. The molecule has 5 heteroatoms. The molecular formula is C11H15Cl2NO2. The predicted octanol–water partition coefficient (Wildman–Crippen LogP) is 1.82.